The molecule has 4 nitrogen and oxygen atoms in total. The third kappa shape index (κ3) is 2.85. The fourth-order valence-corrected chi connectivity index (χ4v) is 3.76. The van der Waals surface area contributed by atoms with Gasteiger partial charge in [-0.2, -0.15) is 0 Å². The first kappa shape index (κ1) is 14.3. The maximum absolute atomic E-state index is 11.6. The average Bonchev–Trinajstić information content (AvgIpc) is 2.95. The zero-order valence-corrected chi connectivity index (χ0v) is 12.3. The molecule has 0 saturated carbocycles. The fourth-order valence-electron chi connectivity index (χ4n) is 2.86. The van der Waals surface area contributed by atoms with Gasteiger partial charge in [-0.1, -0.05) is 30.3 Å². The molecular weight excluding hydrogens is 286 g/mol. The van der Waals surface area contributed by atoms with E-state index < -0.39 is 18.1 Å². The van der Waals surface area contributed by atoms with Crippen molar-refractivity contribution in [2.75, 3.05) is 13.1 Å². The van der Waals surface area contributed by atoms with Crippen LogP contribution < -0.4 is 0 Å². The molecule has 1 aliphatic rings. The molecule has 1 aromatic carbocycles. The predicted molar refractivity (Wildman–Crippen MR) is 81.4 cm³/mol. The summed E-state index contributed by atoms with van der Waals surface area (Å²) in [6.07, 6.45) is 0.173. The van der Waals surface area contributed by atoms with Gasteiger partial charge >= 0.3 is 5.97 Å². The van der Waals surface area contributed by atoms with E-state index in [2.05, 4.69) is 0 Å². The normalized spacial score (nSPS) is 20.0. The highest BCUT2D eigenvalue weighted by molar-refractivity contribution is 7.10. The van der Waals surface area contributed by atoms with Crippen LogP contribution in [0.1, 0.15) is 28.1 Å². The molecule has 2 heterocycles. The first-order valence-corrected chi connectivity index (χ1v) is 7.81. The first-order chi connectivity index (χ1) is 10.2. The maximum Gasteiger partial charge on any atom is 0.325 e. The van der Waals surface area contributed by atoms with E-state index in [0.717, 1.165) is 22.4 Å². The third-order valence-corrected chi connectivity index (χ3v) is 4.89. The highest BCUT2D eigenvalue weighted by Gasteiger charge is 2.34. The molecule has 21 heavy (non-hydrogen) atoms. The number of carbonyl (C=O) groups is 1. The van der Waals surface area contributed by atoms with Gasteiger partial charge in [0.1, 0.15) is 6.04 Å². The summed E-state index contributed by atoms with van der Waals surface area (Å²) in [5.41, 5.74) is 1.69. The summed E-state index contributed by atoms with van der Waals surface area (Å²) < 4.78 is 0. The molecule has 0 saturated heterocycles. The molecule has 5 heteroatoms. The zero-order valence-electron chi connectivity index (χ0n) is 11.5. The van der Waals surface area contributed by atoms with Crippen LogP contribution >= 0.6 is 11.3 Å². The van der Waals surface area contributed by atoms with Crippen LogP contribution in [0.15, 0.2) is 41.8 Å². The van der Waals surface area contributed by atoms with Crippen LogP contribution in [0.5, 0.6) is 0 Å². The monoisotopic (exact) mass is 303 g/mol. The van der Waals surface area contributed by atoms with Gasteiger partial charge in [-0.05, 0) is 29.0 Å². The number of aliphatic hydroxyl groups is 1. The highest BCUT2D eigenvalue weighted by atomic mass is 32.1. The number of aliphatic hydroxyl groups excluding tert-OH is 1. The van der Waals surface area contributed by atoms with Crippen molar-refractivity contribution >= 4 is 17.3 Å². The summed E-state index contributed by atoms with van der Waals surface area (Å²) in [6, 6.07) is 10.6. The largest absolute Gasteiger partial charge is 0.480 e. The van der Waals surface area contributed by atoms with Gasteiger partial charge < -0.3 is 10.2 Å². The molecule has 2 aromatic rings. The molecule has 2 N–H and O–H groups in total. The maximum atomic E-state index is 11.6. The van der Waals surface area contributed by atoms with Crippen LogP contribution in [0.4, 0.5) is 0 Å². The predicted octanol–water partition coefficient (Wildman–Crippen LogP) is 2.47. The highest BCUT2D eigenvalue weighted by Crippen LogP contribution is 2.34. The van der Waals surface area contributed by atoms with E-state index in [9.17, 15) is 15.0 Å². The van der Waals surface area contributed by atoms with Gasteiger partial charge in [-0.25, -0.2) is 0 Å². The third-order valence-electron chi connectivity index (χ3n) is 3.89. The molecule has 0 amide bonds. The molecule has 0 radical (unpaired) electrons. The molecule has 0 fully saturated rings. The quantitative estimate of drug-likeness (QED) is 0.911. The molecular formula is C16H17NO3S. The summed E-state index contributed by atoms with van der Waals surface area (Å²) in [7, 11) is 0. The summed E-state index contributed by atoms with van der Waals surface area (Å²) in [6.45, 7) is 0.991. The number of nitrogens with zero attached hydrogens (tertiary/aromatic N) is 1. The van der Waals surface area contributed by atoms with E-state index in [1.807, 2.05) is 46.7 Å². The molecule has 2 unspecified atom stereocenters. The van der Waals surface area contributed by atoms with Crippen LogP contribution in [-0.2, 0) is 11.2 Å². The number of hydrogen-bond acceptors (Lipinski definition) is 4. The fraction of sp³-hybridized carbons (Fsp3) is 0.312. The SMILES string of the molecule is O=C(O)C1c2ccsc2CCN1CC(O)c1ccccc1. The van der Waals surface area contributed by atoms with Crippen molar-refractivity contribution in [3.63, 3.8) is 0 Å². The Hall–Kier alpha value is -1.69. The van der Waals surface area contributed by atoms with Crippen molar-refractivity contribution in [3.8, 4) is 0 Å². The van der Waals surface area contributed by atoms with Crippen LogP contribution in [-0.4, -0.2) is 34.2 Å². The van der Waals surface area contributed by atoms with Gasteiger partial charge in [0, 0.05) is 18.0 Å². The van der Waals surface area contributed by atoms with Crippen LogP contribution in [0.2, 0.25) is 0 Å². The summed E-state index contributed by atoms with van der Waals surface area (Å²) in [5, 5.41) is 21.8. The Morgan fingerprint density at radius 3 is 2.81 bits per heavy atom. The Labute approximate surface area is 127 Å². The molecule has 110 valence electrons. The van der Waals surface area contributed by atoms with E-state index in [1.54, 1.807) is 11.3 Å². The number of rotatable bonds is 4. The standard InChI is InChI=1S/C16H17NO3S/c18-13(11-4-2-1-3-5-11)10-17-8-6-14-12(7-9-21-14)15(17)16(19)20/h1-5,7,9,13,15,18H,6,8,10H2,(H,19,20). The zero-order chi connectivity index (χ0) is 14.8. The summed E-state index contributed by atoms with van der Waals surface area (Å²) in [4.78, 5) is 14.6. The van der Waals surface area contributed by atoms with Gasteiger partial charge in [0.05, 0.1) is 6.10 Å². The number of fused-ring (bicyclic) bond motifs is 1. The second-order valence-corrected chi connectivity index (χ2v) is 6.21. The summed E-state index contributed by atoms with van der Waals surface area (Å²) in [5.74, 6) is -0.852. The Balaban J connectivity index is 1.80. The first-order valence-electron chi connectivity index (χ1n) is 6.93. The molecule has 1 aliphatic heterocycles. The number of carboxylic acids is 1. The minimum absolute atomic E-state index is 0.330. The molecule has 0 aliphatic carbocycles. The average molecular weight is 303 g/mol. The van der Waals surface area contributed by atoms with E-state index in [0.29, 0.717) is 13.1 Å². The number of aliphatic carboxylic acids is 1. The molecule has 3 rings (SSSR count). The van der Waals surface area contributed by atoms with Crippen molar-refractivity contribution in [2.45, 2.75) is 18.6 Å². The smallest absolute Gasteiger partial charge is 0.325 e. The van der Waals surface area contributed by atoms with Crippen molar-refractivity contribution in [1.82, 2.24) is 4.90 Å². The minimum Gasteiger partial charge on any atom is -0.480 e. The molecule has 0 spiro atoms. The Bertz CT molecular complexity index is 625. The molecule has 2 atom stereocenters. The van der Waals surface area contributed by atoms with Gasteiger partial charge in [0.25, 0.3) is 0 Å². The lowest BCUT2D eigenvalue weighted by Gasteiger charge is -2.34. The lowest BCUT2D eigenvalue weighted by molar-refractivity contribution is -0.144. The Morgan fingerprint density at radius 2 is 2.10 bits per heavy atom. The molecule has 0 bridgehead atoms. The lowest BCUT2D eigenvalue weighted by atomic mass is 9.98. The number of β-amino-alcohol motifs (C(OH)–C–C–N with tert-alkyl or cyclic N) is 1. The van der Waals surface area contributed by atoms with Crippen molar-refractivity contribution < 1.29 is 15.0 Å². The molecule has 1 aromatic heterocycles. The van der Waals surface area contributed by atoms with Gasteiger partial charge in [0.15, 0.2) is 0 Å². The number of benzene rings is 1. The number of hydrogen-bond donors (Lipinski definition) is 2. The van der Waals surface area contributed by atoms with Crippen molar-refractivity contribution in [2.24, 2.45) is 0 Å². The lowest BCUT2D eigenvalue weighted by Crippen LogP contribution is -2.41. The topological polar surface area (TPSA) is 60.8 Å². The number of thiophene rings is 1. The van der Waals surface area contributed by atoms with Crippen LogP contribution in [0.25, 0.3) is 0 Å². The van der Waals surface area contributed by atoms with Crippen molar-refractivity contribution in [3.05, 3.63) is 57.8 Å². The second kappa shape index (κ2) is 5.97. The van der Waals surface area contributed by atoms with Gasteiger partial charge in [-0.3, -0.25) is 9.69 Å². The Kier molecular flexibility index (Phi) is 4.05. The summed E-state index contributed by atoms with van der Waals surface area (Å²) >= 11 is 1.61. The van der Waals surface area contributed by atoms with Gasteiger partial charge in [0.2, 0.25) is 0 Å². The Morgan fingerprint density at radius 1 is 1.33 bits per heavy atom. The van der Waals surface area contributed by atoms with Gasteiger partial charge in [-0.15, -0.1) is 11.3 Å². The van der Waals surface area contributed by atoms with Crippen molar-refractivity contribution in [1.29, 1.82) is 0 Å². The van der Waals surface area contributed by atoms with Crippen LogP contribution in [0, 0.1) is 0 Å². The van der Waals surface area contributed by atoms with E-state index in [-0.39, 0.29) is 0 Å². The second-order valence-electron chi connectivity index (χ2n) is 5.21. The van der Waals surface area contributed by atoms with E-state index in [1.165, 1.54) is 0 Å². The minimum atomic E-state index is -0.852. The number of carboxylic acid groups (broad SMARTS) is 1. The van der Waals surface area contributed by atoms with E-state index in [4.69, 9.17) is 0 Å². The van der Waals surface area contributed by atoms with E-state index >= 15 is 0 Å². The van der Waals surface area contributed by atoms with Crippen LogP contribution in [0.3, 0.4) is 0 Å².